The first-order chi connectivity index (χ1) is 12.8. The Morgan fingerprint density at radius 3 is 2.92 bits per heavy atom. The summed E-state index contributed by atoms with van der Waals surface area (Å²) in [6.45, 7) is 1.03. The second-order valence-corrected chi connectivity index (χ2v) is 5.71. The standard InChI is InChI=1S/C19H18N6O/c20-15-7-6-13-11-17(15)26-10-4-3-9-22-19-23-12-14(18(24-13)25-19)16-5-1-2-8-21-16/h1-8,11-12H,9-10,20H2,(H2,22,23,24,25)/b4-3+. The summed E-state index contributed by atoms with van der Waals surface area (Å²) in [6, 6.07) is 11.3. The molecule has 26 heavy (non-hydrogen) atoms. The van der Waals surface area contributed by atoms with Gasteiger partial charge in [0.05, 0.1) is 16.9 Å². The molecule has 4 rings (SSSR count). The Kier molecular flexibility index (Phi) is 4.34. The summed E-state index contributed by atoms with van der Waals surface area (Å²) in [5, 5.41) is 6.50. The van der Waals surface area contributed by atoms with E-state index in [0.29, 0.717) is 36.4 Å². The molecule has 0 atom stereocenters. The highest BCUT2D eigenvalue weighted by Crippen LogP contribution is 2.31. The molecule has 0 amide bonds. The van der Waals surface area contributed by atoms with E-state index in [1.165, 1.54) is 0 Å². The fraction of sp³-hybridized carbons (Fsp3) is 0.105. The van der Waals surface area contributed by atoms with E-state index in [1.807, 2.05) is 48.6 Å². The highest BCUT2D eigenvalue weighted by atomic mass is 16.5. The molecule has 1 aliphatic rings. The minimum Gasteiger partial charge on any atom is -0.487 e. The molecule has 0 saturated heterocycles. The Morgan fingerprint density at radius 1 is 1.08 bits per heavy atom. The Labute approximate surface area is 151 Å². The summed E-state index contributed by atoms with van der Waals surface area (Å²) >= 11 is 0. The molecule has 0 unspecified atom stereocenters. The molecule has 3 aromatic rings. The average molecular weight is 346 g/mol. The molecule has 0 spiro atoms. The number of nitrogens with two attached hydrogens (primary N) is 1. The third-order valence-corrected chi connectivity index (χ3v) is 3.89. The van der Waals surface area contributed by atoms with Crippen LogP contribution in [0.15, 0.2) is 60.9 Å². The van der Waals surface area contributed by atoms with E-state index < -0.39 is 0 Å². The van der Waals surface area contributed by atoms with Crippen LogP contribution in [-0.4, -0.2) is 28.1 Å². The fourth-order valence-corrected chi connectivity index (χ4v) is 2.59. The van der Waals surface area contributed by atoms with E-state index in [9.17, 15) is 0 Å². The van der Waals surface area contributed by atoms with E-state index in [2.05, 4.69) is 25.6 Å². The van der Waals surface area contributed by atoms with Crippen molar-refractivity contribution in [3.05, 3.63) is 60.9 Å². The number of aromatic nitrogens is 3. The van der Waals surface area contributed by atoms with Gasteiger partial charge in [0.2, 0.25) is 5.95 Å². The maximum absolute atomic E-state index is 6.00. The largest absolute Gasteiger partial charge is 0.487 e. The quantitative estimate of drug-likeness (QED) is 0.460. The SMILES string of the molecule is Nc1ccc2cc1OC/C=C/CNc1ncc(-c3ccccn3)c(n1)N2. The van der Waals surface area contributed by atoms with Gasteiger partial charge in [-0.05, 0) is 30.3 Å². The fourth-order valence-electron chi connectivity index (χ4n) is 2.59. The number of rotatable bonds is 1. The molecule has 4 N–H and O–H groups in total. The van der Waals surface area contributed by atoms with Gasteiger partial charge in [-0.1, -0.05) is 12.1 Å². The number of nitrogens with zero attached hydrogens (tertiary/aromatic N) is 3. The van der Waals surface area contributed by atoms with Crippen LogP contribution in [0.5, 0.6) is 5.75 Å². The topological polar surface area (TPSA) is 98.0 Å². The Hall–Kier alpha value is -3.61. The zero-order valence-electron chi connectivity index (χ0n) is 14.0. The average Bonchev–Trinajstić information content (AvgIpc) is 2.68. The number of nitrogens with one attached hydrogen (secondary N) is 2. The molecule has 1 aliphatic heterocycles. The van der Waals surface area contributed by atoms with Crippen LogP contribution in [-0.2, 0) is 0 Å². The van der Waals surface area contributed by atoms with Gasteiger partial charge in [0, 0.05) is 30.7 Å². The molecular weight excluding hydrogens is 328 g/mol. The van der Waals surface area contributed by atoms with Gasteiger partial charge in [-0.25, -0.2) is 4.98 Å². The highest BCUT2D eigenvalue weighted by Gasteiger charge is 2.12. The zero-order valence-corrected chi connectivity index (χ0v) is 14.0. The highest BCUT2D eigenvalue weighted by molar-refractivity contribution is 5.77. The second-order valence-electron chi connectivity index (χ2n) is 5.71. The molecule has 0 fully saturated rings. The smallest absolute Gasteiger partial charge is 0.224 e. The van der Waals surface area contributed by atoms with E-state index in [0.717, 1.165) is 16.9 Å². The van der Waals surface area contributed by atoms with E-state index >= 15 is 0 Å². The molecule has 0 radical (unpaired) electrons. The van der Waals surface area contributed by atoms with Crippen molar-refractivity contribution in [2.75, 3.05) is 29.5 Å². The third kappa shape index (κ3) is 3.41. The van der Waals surface area contributed by atoms with Crippen molar-refractivity contribution in [1.29, 1.82) is 0 Å². The number of pyridine rings is 1. The van der Waals surface area contributed by atoms with Crippen LogP contribution < -0.4 is 21.1 Å². The number of fused-ring (bicyclic) bond motifs is 4. The molecule has 7 heteroatoms. The number of anilines is 4. The zero-order chi connectivity index (χ0) is 17.8. The molecule has 2 aromatic heterocycles. The normalized spacial score (nSPS) is 14.5. The molecular formula is C19H18N6O. The monoisotopic (exact) mass is 346 g/mol. The lowest BCUT2D eigenvalue weighted by atomic mass is 10.2. The Bertz CT molecular complexity index is 942. The predicted molar refractivity (Wildman–Crippen MR) is 103 cm³/mol. The van der Waals surface area contributed by atoms with Crippen LogP contribution in [0.25, 0.3) is 11.3 Å². The van der Waals surface area contributed by atoms with Crippen LogP contribution in [0.1, 0.15) is 0 Å². The van der Waals surface area contributed by atoms with Gasteiger partial charge in [0.1, 0.15) is 18.2 Å². The predicted octanol–water partition coefficient (Wildman–Crippen LogP) is 3.22. The van der Waals surface area contributed by atoms with Crippen molar-refractivity contribution in [3.8, 4) is 17.0 Å². The molecule has 0 saturated carbocycles. The molecule has 4 bridgehead atoms. The molecule has 3 heterocycles. The number of hydrogen-bond donors (Lipinski definition) is 3. The van der Waals surface area contributed by atoms with Crippen molar-refractivity contribution < 1.29 is 4.74 Å². The van der Waals surface area contributed by atoms with Crippen LogP contribution in [0.4, 0.5) is 23.1 Å². The first kappa shape index (κ1) is 15.9. The van der Waals surface area contributed by atoms with Crippen LogP contribution in [0, 0.1) is 0 Å². The van der Waals surface area contributed by atoms with Gasteiger partial charge in [-0.3, -0.25) is 4.98 Å². The van der Waals surface area contributed by atoms with Gasteiger partial charge in [-0.2, -0.15) is 4.98 Å². The molecule has 1 aromatic carbocycles. The second kappa shape index (κ2) is 7.10. The van der Waals surface area contributed by atoms with E-state index in [1.54, 1.807) is 12.4 Å². The van der Waals surface area contributed by atoms with E-state index in [4.69, 9.17) is 10.5 Å². The van der Waals surface area contributed by atoms with Gasteiger partial charge in [0.25, 0.3) is 0 Å². The molecule has 0 aliphatic carbocycles. The number of nitrogen functional groups attached to an aromatic ring is 1. The minimum atomic E-state index is 0.437. The van der Waals surface area contributed by atoms with Crippen LogP contribution in [0.2, 0.25) is 0 Å². The summed E-state index contributed by atoms with van der Waals surface area (Å²) < 4.78 is 5.74. The lowest BCUT2D eigenvalue weighted by molar-refractivity contribution is 0.365. The summed E-state index contributed by atoms with van der Waals surface area (Å²) in [5.41, 5.74) is 9.01. The Morgan fingerprint density at radius 2 is 2.04 bits per heavy atom. The maximum Gasteiger partial charge on any atom is 0.224 e. The van der Waals surface area contributed by atoms with Crippen molar-refractivity contribution in [2.24, 2.45) is 0 Å². The number of hydrogen-bond acceptors (Lipinski definition) is 7. The van der Waals surface area contributed by atoms with Gasteiger partial charge >= 0.3 is 0 Å². The van der Waals surface area contributed by atoms with Gasteiger partial charge in [-0.15, -0.1) is 0 Å². The summed E-state index contributed by atoms with van der Waals surface area (Å²) in [5.74, 6) is 1.81. The van der Waals surface area contributed by atoms with E-state index in [-0.39, 0.29) is 0 Å². The minimum absolute atomic E-state index is 0.437. The van der Waals surface area contributed by atoms with Gasteiger partial charge in [0.15, 0.2) is 0 Å². The number of ether oxygens (including phenoxy) is 1. The summed E-state index contributed by atoms with van der Waals surface area (Å²) in [7, 11) is 0. The van der Waals surface area contributed by atoms with Crippen LogP contribution in [0.3, 0.4) is 0 Å². The van der Waals surface area contributed by atoms with Crippen molar-refractivity contribution in [3.63, 3.8) is 0 Å². The Balaban J connectivity index is 1.80. The lowest BCUT2D eigenvalue weighted by Crippen LogP contribution is -2.06. The first-order valence-corrected chi connectivity index (χ1v) is 8.26. The summed E-state index contributed by atoms with van der Waals surface area (Å²) in [6.07, 6.45) is 7.39. The maximum atomic E-state index is 6.00. The summed E-state index contributed by atoms with van der Waals surface area (Å²) in [4.78, 5) is 13.4. The molecule has 7 nitrogen and oxygen atoms in total. The first-order valence-electron chi connectivity index (χ1n) is 8.26. The lowest BCUT2D eigenvalue weighted by Gasteiger charge is -2.14. The van der Waals surface area contributed by atoms with Crippen molar-refractivity contribution in [1.82, 2.24) is 15.0 Å². The number of benzene rings is 1. The molecule has 130 valence electrons. The van der Waals surface area contributed by atoms with Crippen LogP contribution >= 0.6 is 0 Å². The van der Waals surface area contributed by atoms with Crippen molar-refractivity contribution in [2.45, 2.75) is 0 Å². The van der Waals surface area contributed by atoms with Crippen molar-refractivity contribution >= 4 is 23.1 Å². The third-order valence-electron chi connectivity index (χ3n) is 3.89. The van der Waals surface area contributed by atoms with Gasteiger partial charge < -0.3 is 21.1 Å².